The molecule has 3 aromatic heterocycles. The maximum atomic E-state index is 13.4. The van der Waals surface area contributed by atoms with Gasteiger partial charge in [0.05, 0.1) is 30.6 Å². The number of hydrogen-bond acceptors (Lipinski definition) is 7. The van der Waals surface area contributed by atoms with Crippen LogP contribution in [0.1, 0.15) is 5.69 Å². The predicted octanol–water partition coefficient (Wildman–Crippen LogP) is 2.73. The summed E-state index contributed by atoms with van der Waals surface area (Å²) in [6, 6.07) is 7.40. The molecule has 0 fully saturated rings. The summed E-state index contributed by atoms with van der Waals surface area (Å²) in [5, 5.41) is 23.5. The van der Waals surface area contributed by atoms with Crippen LogP contribution in [0.25, 0.3) is 27.6 Å². The van der Waals surface area contributed by atoms with Gasteiger partial charge in [-0.15, -0.1) is 11.3 Å². The fraction of sp³-hybridized carbons (Fsp3) is 0.211. The Kier molecular flexibility index (Phi) is 5.03. The van der Waals surface area contributed by atoms with Gasteiger partial charge >= 0.3 is 0 Å². The summed E-state index contributed by atoms with van der Waals surface area (Å²) in [5.41, 5.74) is 3.88. The van der Waals surface area contributed by atoms with Crippen LogP contribution in [-0.4, -0.2) is 48.8 Å². The molecule has 0 radical (unpaired) electrons. The molecule has 3 heterocycles. The predicted molar refractivity (Wildman–Crippen MR) is 106 cm³/mol. The van der Waals surface area contributed by atoms with Crippen LogP contribution in [0.2, 0.25) is 0 Å². The van der Waals surface area contributed by atoms with Gasteiger partial charge in [0.1, 0.15) is 11.5 Å². The Balaban J connectivity index is 1.87. The van der Waals surface area contributed by atoms with Crippen LogP contribution in [-0.2, 0) is 0 Å². The second kappa shape index (κ2) is 7.63. The Morgan fingerprint density at radius 3 is 2.61 bits per heavy atom. The molecule has 0 saturated heterocycles. The summed E-state index contributed by atoms with van der Waals surface area (Å²) in [4.78, 5) is 14.3. The Morgan fingerprint density at radius 2 is 1.89 bits per heavy atom. The molecular weight excluding hydrogens is 381 g/mol. The van der Waals surface area contributed by atoms with Gasteiger partial charge in [-0.2, -0.15) is 0 Å². The Bertz CT molecular complexity index is 1110. The molecule has 0 aliphatic heterocycles. The lowest BCUT2D eigenvalue weighted by Crippen LogP contribution is -2.28. The zero-order valence-electron chi connectivity index (χ0n) is 15.0. The number of rotatable bonds is 6. The van der Waals surface area contributed by atoms with Crippen LogP contribution in [0.15, 0.2) is 41.9 Å². The normalized spacial score (nSPS) is 11.5. The monoisotopic (exact) mass is 399 g/mol. The topological polar surface area (TPSA) is 95.6 Å². The first-order valence-corrected chi connectivity index (χ1v) is 9.53. The molecule has 3 N–H and O–H groups in total. The van der Waals surface area contributed by atoms with Crippen molar-refractivity contribution in [2.24, 2.45) is 0 Å². The minimum atomic E-state index is -0.555. The third-order valence-corrected chi connectivity index (χ3v) is 5.27. The average Bonchev–Trinajstić information content (AvgIpc) is 3.27. The summed E-state index contributed by atoms with van der Waals surface area (Å²) in [6.45, 7) is 1.49. The molecule has 0 amide bonds. The number of thiazole rings is 1. The maximum Gasteiger partial charge on any atom is 0.223 e. The maximum absolute atomic E-state index is 13.4. The molecule has 0 saturated carbocycles. The molecule has 7 nitrogen and oxygen atoms in total. The van der Waals surface area contributed by atoms with E-state index in [-0.39, 0.29) is 19.0 Å². The summed E-state index contributed by atoms with van der Waals surface area (Å²) in [7, 11) is 0. The number of imidazole rings is 1. The van der Waals surface area contributed by atoms with Gasteiger partial charge < -0.3 is 15.5 Å². The van der Waals surface area contributed by atoms with E-state index in [1.54, 1.807) is 24.4 Å². The quantitative estimate of drug-likeness (QED) is 0.461. The Labute approximate surface area is 164 Å². The van der Waals surface area contributed by atoms with Gasteiger partial charge in [0.2, 0.25) is 5.95 Å². The van der Waals surface area contributed by atoms with E-state index in [0.717, 1.165) is 21.9 Å². The highest BCUT2D eigenvalue weighted by molar-refractivity contribution is 7.15. The van der Waals surface area contributed by atoms with Crippen molar-refractivity contribution in [3.05, 3.63) is 53.4 Å². The van der Waals surface area contributed by atoms with Gasteiger partial charge in [-0.05, 0) is 37.3 Å². The molecule has 0 aliphatic rings. The van der Waals surface area contributed by atoms with E-state index >= 15 is 0 Å². The molecule has 0 atom stereocenters. The first-order valence-electron chi connectivity index (χ1n) is 8.65. The lowest BCUT2D eigenvalue weighted by Gasteiger charge is -2.13. The first kappa shape index (κ1) is 18.5. The van der Waals surface area contributed by atoms with Crippen LogP contribution >= 0.6 is 11.3 Å². The number of halogens is 1. The molecule has 1 aromatic carbocycles. The van der Waals surface area contributed by atoms with Gasteiger partial charge in [-0.1, -0.05) is 0 Å². The fourth-order valence-corrected chi connectivity index (χ4v) is 3.80. The summed E-state index contributed by atoms with van der Waals surface area (Å²) in [6.07, 6.45) is 1.60. The van der Waals surface area contributed by atoms with Crippen molar-refractivity contribution in [2.45, 2.75) is 13.0 Å². The zero-order valence-corrected chi connectivity index (χ0v) is 15.8. The number of anilines is 1. The van der Waals surface area contributed by atoms with Crippen molar-refractivity contribution in [3.8, 4) is 22.6 Å². The van der Waals surface area contributed by atoms with E-state index < -0.39 is 6.04 Å². The number of aliphatic hydroxyl groups excluding tert-OH is 2. The number of aryl methyl sites for hydroxylation is 1. The highest BCUT2D eigenvalue weighted by atomic mass is 32.1. The number of nitrogens with zero attached hydrogens (tertiary/aromatic N) is 4. The van der Waals surface area contributed by atoms with Crippen molar-refractivity contribution in [3.63, 3.8) is 0 Å². The molecule has 144 valence electrons. The number of nitrogens with one attached hydrogen (secondary N) is 1. The van der Waals surface area contributed by atoms with E-state index in [1.807, 2.05) is 16.7 Å². The second-order valence-electron chi connectivity index (χ2n) is 6.28. The third-order valence-electron chi connectivity index (χ3n) is 4.32. The van der Waals surface area contributed by atoms with Crippen molar-refractivity contribution in [2.75, 3.05) is 18.5 Å². The van der Waals surface area contributed by atoms with E-state index in [1.165, 1.54) is 23.5 Å². The molecule has 9 heteroatoms. The highest BCUT2D eigenvalue weighted by Gasteiger charge is 2.20. The van der Waals surface area contributed by atoms with E-state index in [4.69, 9.17) is 4.98 Å². The lowest BCUT2D eigenvalue weighted by molar-refractivity contribution is 0.203. The zero-order chi connectivity index (χ0) is 19.7. The summed E-state index contributed by atoms with van der Waals surface area (Å²) < 4.78 is 15.4. The highest BCUT2D eigenvalue weighted by Crippen LogP contribution is 2.35. The Morgan fingerprint density at radius 1 is 1.14 bits per heavy atom. The first-order chi connectivity index (χ1) is 13.6. The largest absolute Gasteiger partial charge is 0.394 e. The lowest BCUT2D eigenvalue weighted by atomic mass is 10.1. The minimum Gasteiger partial charge on any atom is -0.394 e. The molecule has 0 aliphatic carbocycles. The van der Waals surface area contributed by atoms with Gasteiger partial charge in [-0.25, -0.2) is 19.3 Å². The standard InChI is InChI=1S/C19H18FN5O2S/c1-11-10-28-19-24-16(12-2-4-13(20)5-3-12)17(25(11)19)15-6-7-21-18(23-15)22-14(8-26)9-27/h2-7,10,14,26-27H,8-9H2,1H3,(H,21,22,23). The average molecular weight is 399 g/mol. The minimum absolute atomic E-state index is 0.245. The van der Waals surface area contributed by atoms with Crippen LogP contribution in [0, 0.1) is 12.7 Å². The molecule has 0 unspecified atom stereocenters. The number of fused-ring (bicyclic) bond motifs is 1. The fourth-order valence-electron chi connectivity index (χ4n) is 2.93. The number of hydrogen-bond donors (Lipinski definition) is 3. The second-order valence-corrected chi connectivity index (χ2v) is 7.12. The molecular formula is C19H18FN5O2S. The summed E-state index contributed by atoms with van der Waals surface area (Å²) in [5.74, 6) is -0.0199. The number of aromatic nitrogens is 4. The third kappa shape index (κ3) is 3.35. The van der Waals surface area contributed by atoms with E-state index in [2.05, 4.69) is 15.3 Å². The summed E-state index contributed by atoms with van der Waals surface area (Å²) >= 11 is 1.52. The van der Waals surface area contributed by atoms with Gasteiger partial charge in [0.15, 0.2) is 4.96 Å². The molecule has 0 spiro atoms. The van der Waals surface area contributed by atoms with Crippen LogP contribution in [0.5, 0.6) is 0 Å². The van der Waals surface area contributed by atoms with Gasteiger partial charge in [0, 0.05) is 22.8 Å². The van der Waals surface area contributed by atoms with Gasteiger partial charge in [0.25, 0.3) is 0 Å². The van der Waals surface area contributed by atoms with E-state index in [0.29, 0.717) is 17.3 Å². The van der Waals surface area contributed by atoms with Crippen molar-refractivity contribution < 1.29 is 14.6 Å². The van der Waals surface area contributed by atoms with Crippen LogP contribution in [0.3, 0.4) is 0 Å². The van der Waals surface area contributed by atoms with Crippen molar-refractivity contribution in [1.29, 1.82) is 0 Å². The Hall–Kier alpha value is -2.88. The smallest absolute Gasteiger partial charge is 0.223 e. The molecule has 0 bridgehead atoms. The van der Waals surface area contributed by atoms with Crippen molar-refractivity contribution >= 4 is 22.2 Å². The molecule has 28 heavy (non-hydrogen) atoms. The van der Waals surface area contributed by atoms with E-state index in [9.17, 15) is 14.6 Å². The number of aliphatic hydroxyl groups is 2. The van der Waals surface area contributed by atoms with Crippen LogP contribution < -0.4 is 5.32 Å². The molecule has 4 rings (SSSR count). The van der Waals surface area contributed by atoms with Crippen molar-refractivity contribution in [1.82, 2.24) is 19.4 Å². The SMILES string of the molecule is Cc1csc2nc(-c3ccc(F)cc3)c(-c3ccnc(NC(CO)CO)n3)n12. The van der Waals surface area contributed by atoms with Crippen LogP contribution in [0.4, 0.5) is 10.3 Å². The number of benzene rings is 1. The molecule has 4 aromatic rings. The van der Waals surface area contributed by atoms with Gasteiger partial charge in [-0.3, -0.25) is 4.40 Å².